The Morgan fingerprint density at radius 3 is 2.84 bits per heavy atom. The largest absolute Gasteiger partial charge is 0.434 e. The van der Waals surface area contributed by atoms with Crippen LogP contribution in [0.4, 0.5) is 18.9 Å². The fraction of sp³-hybridized carbons (Fsp3) is 0.467. The van der Waals surface area contributed by atoms with Crippen LogP contribution in [0.5, 0.6) is 0 Å². The molecule has 3 heterocycles. The lowest BCUT2D eigenvalue weighted by atomic mass is 10.1. The summed E-state index contributed by atoms with van der Waals surface area (Å²) in [5.74, 6) is 0. The number of pyridine rings is 1. The number of anilines is 1. The van der Waals surface area contributed by atoms with Gasteiger partial charge in [-0.15, -0.1) is 0 Å². The van der Waals surface area contributed by atoms with Crippen molar-refractivity contribution in [3.05, 3.63) is 22.0 Å². The summed E-state index contributed by atoms with van der Waals surface area (Å²) in [5, 5.41) is 9.54. The number of hydrogen-bond donors (Lipinski definition) is 2. The van der Waals surface area contributed by atoms with E-state index < -0.39 is 17.4 Å². The number of hydrogen-bond acceptors (Lipinski definition) is 5. The predicted molar refractivity (Wildman–Crippen MR) is 86.6 cm³/mol. The zero-order chi connectivity index (χ0) is 18.4. The second-order valence-electron chi connectivity index (χ2n) is 5.76. The highest BCUT2D eigenvalue weighted by Crippen LogP contribution is 2.41. The number of nitrogens with two attached hydrogens (primary N) is 1. The lowest BCUT2D eigenvalue weighted by Gasteiger charge is -2.35. The molecule has 2 aromatic heterocycles. The van der Waals surface area contributed by atoms with Gasteiger partial charge in [-0.1, -0.05) is 11.6 Å². The molecule has 0 bridgehead atoms. The molecule has 0 aromatic carbocycles. The number of aromatic amines is 1. The minimum Gasteiger partial charge on any atom is -0.373 e. The number of nitrogens with one attached hydrogen (secondary N) is 1. The van der Waals surface area contributed by atoms with Crippen LogP contribution in [0.15, 0.2) is 0 Å². The van der Waals surface area contributed by atoms with Gasteiger partial charge in [-0.05, 0) is 6.92 Å². The number of aryl methyl sites for hydroxylation is 1. The first kappa shape index (κ1) is 17.8. The van der Waals surface area contributed by atoms with Gasteiger partial charge in [0.25, 0.3) is 0 Å². The summed E-state index contributed by atoms with van der Waals surface area (Å²) < 4.78 is 45.9. The van der Waals surface area contributed by atoms with Gasteiger partial charge < -0.3 is 20.4 Å². The second-order valence-corrected chi connectivity index (χ2v) is 6.13. The molecule has 1 atom stereocenters. The van der Waals surface area contributed by atoms with Crippen molar-refractivity contribution in [2.75, 3.05) is 31.1 Å². The lowest BCUT2D eigenvalue weighted by Crippen LogP contribution is -2.46. The van der Waals surface area contributed by atoms with E-state index in [0.717, 1.165) is 0 Å². The van der Waals surface area contributed by atoms with Crippen LogP contribution in [-0.4, -0.2) is 42.3 Å². The number of ether oxygens (including phenoxy) is 1. The molecule has 1 aliphatic heterocycles. The van der Waals surface area contributed by atoms with Crippen LogP contribution in [0, 0.1) is 18.3 Å². The van der Waals surface area contributed by atoms with E-state index in [1.165, 1.54) is 0 Å². The normalized spacial score (nSPS) is 18.6. The van der Waals surface area contributed by atoms with Gasteiger partial charge in [-0.25, -0.2) is 4.98 Å². The van der Waals surface area contributed by atoms with Gasteiger partial charge in [0, 0.05) is 25.3 Å². The molecule has 134 valence electrons. The third-order valence-corrected chi connectivity index (χ3v) is 4.58. The summed E-state index contributed by atoms with van der Waals surface area (Å²) in [6, 6.07) is 1.66. The average Bonchev–Trinajstić information content (AvgIpc) is 2.86. The third kappa shape index (κ3) is 3.01. The van der Waals surface area contributed by atoms with E-state index >= 15 is 0 Å². The van der Waals surface area contributed by atoms with E-state index in [2.05, 4.69) is 9.97 Å². The fourth-order valence-corrected chi connectivity index (χ4v) is 3.15. The highest BCUT2D eigenvalue weighted by molar-refractivity contribution is 6.36. The van der Waals surface area contributed by atoms with Crippen LogP contribution >= 0.6 is 11.6 Å². The summed E-state index contributed by atoms with van der Waals surface area (Å²) in [5.41, 5.74) is 4.77. The van der Waals surface area contributed by atoms with E-state index in [1.807, 2.05) is 0 Å². The van der Waals surface area contributed by atoms with Crippen LogP contribution in [0.3, 0.4) is 0 Å². The van der Waals surface area contributed by atoms with Crippen molar-refractivity contribution in [3.8, 4) is 6.07 Å². The smallest absolute Gasteiger partial charge is 0.373 e. The predicted octanol–water partition coefficient (Wildman–Crippen LogP) is 2.58. The second kappa shape index (κ2) is 6.37. The number of halogens is 4. The van der Waals surface area contributed by atoms with Crippen LogP contribution in [0.2, 0.25) is 5.02 Å². The quantitative estimate of drug-likeness (QED) is 0.844. The number of aromatic nitrogens is 2. The Hall–Kier alpha value is -2.02. The first-order valence-electron chi connectivity index (χ1n) is 7.53. The topological polar surface area (TPSA) is 91.0 Å². The van der Waals surface area contributed by atoms with E-state index in [9.17, 15) is 18.4 Å². The molecule has 3 N–H and O–H groups in total. The number of nitrogens with zero attached hydrogens (tertiary/aromatic N) is 3. The monoisotopic (exact) mass is 373 g/mol. The fourth-order valence-electron chi connectivity index (χ4n) is 2.96. The number of nitriles is 1. The molecule has 1 aliphatic rings. The van der Waals surface area contributed by atoms with E-state index in [1.54, 1.807) is 17.9 Å². The Morgan fingerprint density at radius 2 is 2.24 bits per heavy atom. The summed E-state index contributed by atoms with van der Waals surface area (Å²) in [6.45, 7) is 2.76. The summed E-state index contributed by atoms with van der Waals surface area (Å²) >= 11 is 6.12. The van der Waals surface area contributed by atoms with Crippen molar-refractivity contribution in [1.82, 2.24) is 9.97 Å². The highest BCUT2D eigenvalue weighted by Gasteiger charge is 2.40. The molecule has 1 saturated heterocycles. The van der Waals surface area contributed by atoms with Crippen LogP contribution < -0.4 is 10.6 Å². The molecular formula is C15H15ClF3N5O. The molecule has 0 radical (unpaired) electrons. The zero-order valence-corrected chi connectivity index (χ0v) is 14.0. The van der Waals surface area contributed by atoms with Gasteiger partial charge in [-0.3, -0.25) is 0 Å². The van der Waals surface area contributed by atoms with Crippen molar-refractivity contribution in [2.45, 2.75) is 19.2 Å². The van der Waals surface area contributed by atoms with Crippen molar-refractivity contribution >= 4 is 28.3 Å². The van der Waals surface area contributed by atoms with Crippen LogP contribution in [0.25, 0.3) is 11.0 Å². The average molecular weight is 374 g/mol. The number of fused-ring (bicyclic) bond motifs is 1. The Balaban J connectivity index is 2.31. The zero-order valence-electron chi connectivity index (χ0n) is 13.2. The van der Waals surface area contributed by atoms with Crippen molar-refractivity contribution < 1.29 is 17.9 Å². The van der Waals surface area contributed by atoms with E-state index in [4.69, 9.17) is 22.1 Å². The summed E-state index contributed by atoms with van der Waals surface area (Å²) in [7, 11) is 0. The molecule has 1 unspecified atom stereocenters. The SMILES string of the molecule is Cc1[nH]c2c(N3CCOC(CN)C3)c(C#N)c(C(F)(F)F)nc2c1Cl. The Bertz CT molecular complexity index is 858. The standard InChI is InChI=1S/C15H15ClF3N5O/c1-7-10(16)11-12(22-7)13(24-2-3-25-8(4-20)6-24)9(5-21)14(23-11)15(17,18)19/h8,22H,2-4,6,20H2,1H3. The molecule has 10 heteroatoms. The molecule has 0 amide bonds. The molecule has 6 nitrogen and oxygen atoms in total. The van der Waals surface area contributed by atoms with Gasteiger partial charge in [0.2, 0.25) is 0 Å². The maximum Gasteiger partial charge on any atom is 0.434 e. The third-order valence-electron chi connectivity index (χ3n) is 4.12. The Morgan fingerprint density at radius 1 is 1.52 bits per heavy atom. The number of rotatable bonds is 2. The van der Waals surface area contributed by atoms with Gasteiger partial charge in [0.05, 0.1) is 28.9 Å². The number of morpholine rings is 1. The van der Waals surface area contributed by atoms with E-state index in [-0.39, 0.29) is 35.4 Å². The summed E-state index contributed by atoms with van der Waals surface area (Å²) in [4.78, 5) is 8.26. The minimum absolute atomic E-state index is 0.00344. The van der Waals surface area contributed by atoms with Gasteiger partial charge in [0.15, 0.2) is 5.69 Å². The molecule has 3 rings (SSSR count). The number of alkyl halides is 3. The van der Waals surface area contributed by atoms with Crippen molar-refractivity contribution in [3.63, 3.8) is 0 Å². The molecule has 0 spiro atoms. The Labute approximate surface area is 146 Å². The molecule has 25 heavy (non-hydrogen) atoms. The molecular weight excluding hydrogens is 359 g/mol. The summed E-state index contributed by atoms with van der Waals surface area (Å²) in [6.07, 6.45) is -5.11. The van der Waals surface area contributed by atoms with Crippen LogP contribution in [-0.2, 0) is 10.9 Å². The molecule has 0 aliphatic carbocycles. The maximum absolute atomic E-state index is 13.5. The van der Waals surface area contributed by atoms with Gasteiger partial charge in [-0.2, -0.15) is 18.4 Å². The number of H-pyrrole nitrogens is 1. The first-order valence-corrected chi connectivity index (χ1v) is 7.91. The molecule has 0 saturated carbocycles. The van der Waals surface area contributed by atoms with Gasteiger partial charge in [0.1, 0.15) is 17.1 Å². The first-order chi connectivity index (χ1) is 11.8. The van der Waals surface area contributed by atoms with E-state index in [0.29, 0.717) is 24.4 Å². The Kier molecular flexibility index (Phi) is 4.53. The van der Waals surface area contributed by atoms with Gasteiger partial charge >= 0.3 is 6.18 Å². The minimum atomic E-state index is -4.78. The van der Waals surface area contributed by atoms with Crippen molar-refractivity contribution in [1.29, 1.82) is 5.26 Å². The molecule has 1 fully saturated rings. The highest BCUT2D eigenvalue weighted by atomic mass is 35.5. The lowest BCUT2D eigenvalue weighted by molar-refractivity contribution is -0.141. The molecule has 2 aromatic rings. The van der Waals surface area contributed by atoms with Crippen molar-refractivity contribution in [2.24, 2.45) is 5.73 Å². The van der Waals surface area contributed by atoms with Crippen LogP contribution in [0.1, 0.15) is 17.0 Å². The maximum atomic E-state index is 13.5.